The Labute approximate surface area is 180 Å². The standard InChI is InChI=1S/C24H24O7/c1-13(2)5-10-18-22(30-15(4)26)12-20(28)23-19(27)11-21(31-24(18)23)16-6-8-17(9-7-16)29-14(3)25/h5-9,12,21,28H,10-11H2,1-4H3/p-1/t21-/m0/s1. The zero-order valence-electron chi connectivity index (χ0n) is 17.8. The van der Waals surface area contributed by atoms with E-state index in [1.807, 2.05) is 19.9 Å². The first-order valence-corrected chi connectivity index (χ1v) is 9.82. The molecule has 0 saturated heterocycles. The van der Waals surface area contributed by atoms with Crippen molar-refractivity contribution in [3.05, 3.63) is 58.7 Å². The van der Waals surface area contributed by atoms with Crippen molar-refractivity contribution in [2.45, 2.75) is 46.6 Å². The van der Waals surface area contributed by atoms with Gasteiger partial charge in [-0.2, -0.15) is 0 Å². The highest BCUT2D eigenvalue weighted by atomic mass is 16.5. The smallest absolute Gasteiger partial charge is 0.308 e. The summed E-state index contributed by atoms with van der Waals surface area (Å²) in [6, 6.07) is 7.79. The molecule has 0 N–H and O–H groups in total. The maximum atomic E-state index is 12.9. The van der Waals surface area contributed by atoms with Crippen LogP contribution < -0.4 is 19.3 Å². The third-order valence-electron chi connectivity index (χ3n) is 4.70. The number of allylic oxidation sites excluding steroid dienone is 2. The fraction of sp³-hybridized carbons (Fsp3) is 0.292. The summed E-state index contributed by atoms with van der Waals surface area (Å²) in [6.45, 7) is 6.38. The number of carbonyl (C=O) groups excluding carboxylic acids is 3. The van der Waals surface area contributed by atoms with Crippen molar-refractivity contribution in [1.82, 2.24) is 0 Å². The van der Waals surface area contributed by atoms with Crippen molar-refractivity contribution in [1.29, 1.82) is 0 Å². The van der Waals surface area contributed by atoms with Crippen molar-refractivity contribution < 1.29 is 33.7 Å². The molecule has 0 bridgehead atoms. The van der Waals surface area contributed by atoms with Gasteiger partial charge in [-0.05, 0) is 44.0 Å². The predicted octanol–water partition coefficient (Wildman–Crippen LogP) is 3.83. The molecule has 3 rings (SSSR count). The molecule has 0 aliphatic carbocycles. The van der Waals surface area contributed by atoms with Crippen LogP contribution >= 0.6 is 0 Å². The average molecular weight is 423 g/mol. The maximum absolute atomic E-state index is 12.9. The second-order valence-corrected chi connectivity index (χ2v) is 7.53. The van der Waals surface area contributed by atoms with E-state index < -0.39 is 23.8 Å². The van der Waals surface area contributed by atoms with Crippen LogP contribution in [0, 0.1) is 0 Å². The minimum atomic E-state index is -0.635. The summed E-state index contributed by atoms with van der Waals surface area (Å²) in [5.74, 6) is -1.27. The number of Topliss-reactive ketones (excluding diaryl/α,β-unsaturated/α-hetero) is 1. The van der Waals surface area contributed by atoms with Crippen LogP contribution in [-0.4, -0.2) is 17.7 Å². The second kappa shape index (κ2) is 9.04. The topological polar surface area (TPSA) is 102 Å². The molecule has 1 atom stereocenters. The molecule has 1 heterocycles. The number of hydrogen-bond acceptors (Lipinski definition) is 7. The van der Waals surface area contributed by atoms with E-state index in [-0.39, 0.29) is 29.3 Å². The molecule has 2 aromatic rings. The Kier molecular flexibility index (Phi) is 6.44. The van der Waals surface area contributed by atoms with Gasteiger partial charge < -0.3 is 19.3 Å². The van der Waals surface area contributed by atoms with Gasteiger partial charge in [-0.25, -0.2) is 0 Å². The van der Waals surface area contributed by atoms with Gasteiger partial charge in [-0.1, -0.05) is 29.5 Å². The Hall–Kier alpha value is -3.61. The normalized spacial score (nSPS) is 14.8. The first-order chi connectivity index (χ1) is 14.7. The Bertz CT molecular complexity index is 1060. The number of hydrogen-bond donors (Lipinski definition) is 0. The number of benzene rings is 2. The first-order valence-electron chi connectivity index (χ1n) is 9.82. The maximum Gasteiger partial charge on any atom is 0.308 e. The fourth-order valence-electron chi connectivity index (χ4n) is 3.35. The van der Waals surface area contributed by atoms with Gasteiger partial charge in [0.15, 0.2) is 5.78 Å². The lowest BCUT2D eigenvalue weighted by atomic mass is 9.92. The van der Waals surface area contributed by atoms with E-state index in [9.17, 15) is 19.5 Å². The van der Waals surface area contributed by atoms with Crippen LogP contribution in [0.2, 0.25) is 0 Å². The van der Waals surface area contributed by atoms with Gasteiger partial charge in [0, 0.05) is 19.4 Å². The molecule has 1 aliphatic heterocycles. The third kappa shape index (κ3) is 5.12. The summed E-state index contributed by atoms with van der Waals surface area (Å²) in [4.78, 5) is 35.5. The Balaban J connectivity index is 2.04. The molecule has 0 radical (unpaired) electrons. The van der Waals surface area contributed by atoms with E-state index in [1.165, 1.54) is 19.9 Å². The molecule has 1 aliphatic rings. The molecule has 0 unspecified atom stereocenters. The van der Waals surface area contributed by atoms with E-state index in [4.69, 9.17) is 14.2 Å². The molecule has 0 amide bonds. The molecule has 2 aromatic carbocycles. The van der Waals surface area contributed by atoms with E-state index in [2.05, 4.69) is 0 Å². The summed E-state index contributed by atoms with van der Waals surface area (Å²) in [7, 11) is 0. The highest BCUT2D eigenvalue weighted by Gasteiger charge is 2.32. The van der Waals surface area contributed by atoms with Crippen molar-refractivity contribution in [3.8, 4) is 23.0 Å². The van der Waals surface area contributed by atoms with Crippen LogP contribution in [0.15, 0.2) is 42.0 Å². The zero-order valence-corrected chi connectivity index (χ0v) is 17.8. The van der Waals surface area contributed by atoms with Gasteiger partial charge in [0.25, 0.3) is 0 Å². The average Bonchev–Trinajstić information content (AvgIpc) is 2.66. The molecule has 162 valence electrons. The van der Waals surface area contributed by atoms with Gasteiger partial charge in [0.05, 0.1) is 12.0 Å². The lowest BCUT2D eigenvalue weighted by molar-refractivity contribution is -0.269. The second-order valence-electron chi connectivity index (χ2n) is 7.53. The van der Waals surface area contributed by atoms with Crippen molar-refractivity contribution >= 4 is 17.7 Å². The molecular weight excluding hydrogens is 400 g/mol. The van der Waals surface area contributed by atoms with E-state index >= 15 is 0 Å². The summed E-state index contributed by atoms with van der Waals surface area (Å²) >= 11 is 0. The van der Waals surface area contributed by atoms with Gasteiger partial charge in [-0.3, -0.25) is 14.4 Å². The molecule has 0 spiro atoms. The summed E-state index contributed by atoms with van der Waals surface area (Å²) in [5, 5.41) is 12.6. The van der Waals surface area contributed by atoms with Crippen LogP contribution in [0.4, 0.5) is 0 Å². The highest BCUT2D eigenvalue weighted by Crippen LogP contribution is 2.45. The Morgan fingerprint density at radius 2 is 1.74 bits per heavy atom. The number of ketones is 1. The molecule has 0 fully saturated rings. The quantitative estimate of drug-likeness (QED) is 0.409. The SMILES string of the molecule is CC(=O)Oc1ccc([C@@H]2CC(=O)c3c([O-])cc(OC(C)=O)c(CC=C(C)C)c3O2)cc1. The largest absolute Gasteiger partial charge is 0.872 e. The molecule has 7 nitrogen and oxygen atoms in total. The first kappa shape index (κ1) is 22.1. The van der Waals surface area contributed by atoms with Gasteiger partial charge in [-0.15, -0.1) is 0 Å². The molecule has 0 saturated carbocycles. The minimum absolute atomic E-state index is 0.00977. The van der Waals surface area contributed by atoms with Gasteiger partial charge >= 0.3 is 11.9 Å². The minimum Gasteiger partial charge on any atom is -0.872 e. The van der Waals surface area contributed by atoms with E-state index in [0.29, 0.717) is 23.3 Å². The van der Waals surface area contributed by atoms with Crippen LogP contribution in [0.1, 0.15) is 61.7 Å². The summed E-state index contributed by atoms with van der Waals surface area (Å²) < 4.78 is 16.4. The monoisotopic (exact) mass is 423 g/mol. The number of rotatable bonds is 5. The Morgan fingerprint density at radius 3 is 2.32 bits per heavy atom. The Morgan fingerprint density at radius 1 is 1.10 bits per heavy atom. The highest BCUT2D eigenvalue weighted by molar-refractivity contribution is 6.03. The third-order valence-corrected chi connectivity index (χ3v) is 4.70. The molecular formula is C24H23O7-. The summed E-state index contributed by atoms with van der Waals surface area (Å²) in [6.07, 6.45) is 1.59. The van der Waals surface area contributed by atoms with Gasteiger partial charge in [0.1, 0.15) is 23.4 Å². The number of esters is 2. The van der Waals surface area contributed by atoms with Crippen LogP contribution in [0.5, 0.6) is 23.0 Å². The lowest BCUT2D eigenvalue weighted by Crippen LogP contribution is -2.23. The predicted molar refractivity (Wildman–Crippen MR) is 110 cm³/mol. The van der Waals surface area contributed by atoms with Crippen LogP contribution in [0.3, 0.4) is 0 Å². The van der Waals surface area contributed by atoms with E-state index in [1.54, 1.807) is 24.3 Å². The van der Waals surface area contributed by atoms with Crippen LogP contribution in [-0.2, 0) is 16.0 Å². The number of ether oxygens (including phenoxy) is 3. The number of carbonyl (C=O) groups is 3. The number of fused-ring (bicyclic) bond motifs is 1. The van der Waals surface area contributed by atoms with E-state index in [0.717, 1.165) is 5.57 Å². The summed E-state index contributed by atoms with van der Waals surface area (Å²) in [5.41, 5.74) is 2.16. The fourth-order valence-corrected chi connectivity index (χ4v) is 3.35. The lowest BCUT2D eigenvalue weighted by Gasteiger charge is -2.31. The van der Waals surface area contributed by atoms with Crippen LogP contribution in [0.25, 0.3) is 0 Å². The van der Waals surface area contributed by atoms with Crippen molar-refractivity contribution in [2.24, 2.45) is 0 Å². The zero-order chi connectivity index (χ0) is 22.7. The molecule has 7 heteroatoms. The molecule has 31 heavy (non-hydrogen) atoms. The molecule has 0 aromatic heterocycles. The van der Waals surface area contributed by atoms with Crippen molar-refractivity contribution in [3.63, 3.8) is 0 Å². The van der Waals surface area contributed by atoms with Crippen molar-refractivity contribution in [2.75, 3.05) is 0 Å². The van der Waals surface area contributed by atoms with Gasteiger partial charge in [0.2, 0.25) is 0 Å².